The fourth-order valence-corrected chi connectivity index (χ4v) is 3.39. The van der Waals surface area contributed by atoms with Crippen LogP contribution in [0.3, 0.4) is 0 Å². The van der Waals surface area contributed by atoms with Gasteiger partial charge in [0.05, 0.1) is 21.8 Å². The zero-order chi connectivity index (χ0) is 14.2. The summed E-state index contributed by atoms with van der Waals surface area (Å²) in [6.45, 7) is 7.13. The Labute approximate surface area is 129 Å². The summed E-state index contributed by atoms with van der Waals surface area (Å²) < 4.78 is 5.71. The molecule has 1 aromatic rings. The number of hydrogen-bond donors (Lipinski definition) is 1. The standard InChI is InChI=1S/C14H18Cl3NO/c1-4-19-12-7-11(14(12,2)3)18-13-9(16)5-8(15)6-10(13)17/h5-6,11-12,18H,4,7H2,1-3H3. The van der Waals surface area contributed by atoms with Crippen LogP contribution >= 0.6 is 34.8 Å². The average molecular weight is 323 g/mol. The lowest BCUT2D eigenvalue weighted by molar-refractivity contribution is -0.0975. The van der Waals surface area contributed by atoms with Gasteiger partial charge in [-0.2, -0.15) is 0 Å². The number of anilines is 1. The Morgan fingerprint density at radius 2 is 1.84 bits per heavy atom. The maximum atomic E-state index is 6.19. The second kappa shape index (κ2) is 5.69. The first-order valence-corrected chi connectivity index (χ1v) is 7.52. The van der Waals surface area contributed by atoms with Crippen molar-refractivity contribution >= 4 is 40.5 Å². The number of rotatable bonds is 4. The molecule has 2 rings (SSSR count). The zero-order valence-corrected chi connectivity index (χ0v) is 13.5. The Balaban J connectivity index is 2.12. The van der Waals surface area contributed by atoms with Gasteiger partial charge in [-0.05, 0) is 25.5 Å². The van der Waals surface area contributed by atoms with Gasteiger partial charge in [0.15, 0.2) is 0 Å². The van der Waals surface area contributed by atoms with E-state index in [1.54, 1.807) is 12.1 Å². The van der Waals surface area contributed by atoms with Crippen LogP contribution in [-0.2, 0) is 4.74 Å². The van der Waals surface area contributed by atoms with Gasteiger partial charge in [0, 0.05) is 23.1 Å². The monoisotopic (exact) mass is 321 g/mol. The van der Waals surface area contributed by atoms with Crippen molar-refractivity contribution in [2.45, 2.75) is 39.3 Å². The minimum atomic E-state index is 0.0578. The van der Waals surface area contributed by atoms with Crippen molar-refractivity contribution in [1.82, 2.24) is 0 Å². The molecule has 19 heavy (non-hydrogen) atoms. The third-order valence-corrected chi connectivity index (χ3v) is 4.69. The molecule has 5 heteroatoms. The molecule has 2 unspecified atom stereocenters. The van der Waals surface area contributed by atoms with Gasteiger partial charge >= 0.3 is 0 Å². The molecular weight excluding hydrogens is 305 g/mol. The van der Waals surface area contributed by atoms with Crippen LogP contribution in [0.25, 0.3) is 0 Å². The summed E-state index contributed by atoms with van der Waals surface area (Å²) in [5.41, 5.74) is 0.809. The van der Waals surface area contributed by atoms with Crippen LogP contribution in [0.15, 0.2) is 12.1 Å². The largest absolute Gasteiger partial charge is 0.379 e. The highest BCUT2D eigenvalue weighted by Crippen LogP contribution is 2.46. The smallest absolute Gasteiger partial charge is 0.0722 e. The van der Waals surface area contributed by atoms with Crippen molar-refractivity contribution in [2.24, 2.45) is 5.41 Å². The summed E-state index contributed by atoms with van der Waals surface area (Å²) in [4.78, 5) is 0. The van der Waals surface area contributed by atoms with Gasteiger partial charge in [0.2, 0.25) is 0 Å². The van der Waals surface area contributed by atoms with E-state index in [0.717, 1.165) is 18.7 Å². The Bertz CT molecular complexity index is 453. The first kappa shape index (κ1) is 15.2. The van der Waals surface area contributed by atoms with Crippen molar-refractivity contribution in [2.75, 3.05) is 11.9 Å². The second-order valence-corrected chi connectivity index (χ2v) is 6.69. The van der Waals surface area contributed by atoms with Crippen molar-refractivity contribution < 1.29 is 4.74 Å². The second-order valence-electron chi connectivity index (χ2n) is 5.44. The van der Waals surface area contributed by atoms with Crippen LogP contribution in [0.1, 0.15) is 27.2 Å². The third kappa shape index (κ3) is 2.97. The van der Waals surface area contributed by atoms with Gasteiger partial charge in [-0.3, -0.25) is 0 Å². The van der Waals surface area contributed by atoms with E-state index in [0.29, 0.717) is 21.1 Å². The summed E-state index contributed by atoms with van der Waals surface area (Å²) in [7, 11) is 0. The number of nitrogens with one attached hydrogen (secondary N) is 1. The minimum absolute atomic E-state index is 0.0578. The summed E-state index contributed by atoms with van der Waals surface area (Å²) in [5.74, 6) is 0. The van der Waals surface area contributed by atoms with Crippen molar-refractivity contribution in [3.8, 4) is 0 Å². The highest BCUT2D eigenvalue weighted by Gasteiger charge is 2.49. The molecule has 0 bridgehead atoms. The molecule has 0 spiro atoms. The van der Waals surface area contributed by atoms with Crippen LogP contribution < -0.4 is 5.32 Å². The molecule has 0 heterocycles. The Hall–Kier alpha value is -0.150. The van der Waals surface area contributed by atoms with Crippen LogP contribution in [0.4, 0.5) is 5.69 Å². The Kier molecular flexibility index (Phi) is 4.56. The van der Waals surface area contributed by atoms with Gasteiger partial charge in [0.1, 0.15) is 0 Å². The highest BCUT2D eigenvalue weighted by molar-refractivity contribution is 6.41. The molecular formula is C14H18Cl3NO. The summed E-state index contributed by atoms with van der Waals surface area (Å²) in [5, 5.41) is 5.06. The normalized spacial score (nSPS) is 24.9. The van der Waals surface area contributed by atoms with Gasteiger partial charge in [0.25, 0.3) is 0 Å². The van der Waals surface area contributed by atoms with Crippen molar-refractivity contribution in [3.05, 3.63) is 27.2 Å². The third-order valence-electron chi connectivity index (χ3n) is 3.87. The molecule has 0 aliphatic heterocycles. The maximum Gasteiger partial charge on any atom is 0.0722 e. The van der Waals surface area contributed by atoms with E-state index in [1.807, 2.05) is 6.92 Å². The number of halogens is 3. The SMILES string of the molecule is CCOC1CC(Nc2c(Cl)cc(Cl)cc2Cl)C1(C)C. The molecule has 1 fully saturated rings. The van der Waals surface area contributed by atoms with E-state index in [-0.39, 0.29) is 11.5 Å². The highest BCUT2D eigenvalue weighted by atomic mass is 35.5. The number of benzene rings is 1. The number of ether oxygens (including phenoxy) is 1. The fourth-order valence-electron chi connectivity index (χ4n) is 2.47. The van der Waals surface area contributed by atoms with Gasteiger partial charge in [-0.15, -0.1) is 0 Å². The van der Waals surface area contributed by atoms with Gasteiger partial charge in [-0.1, -0.05) is 48.7 Å². The molecule has 1 N–H and O–H groups in total. The molecule has 0 radical (unpaired) electrons. The van der Waals surface area contributed by atoms with E-state index in [4.69, 9.17) is 39.5 Å². The van der Waals surface area contributed by atoms with Gasteiger partial charge < -0.3 is 10.1 Å². The van der Waals surface area contributed by atoms with E-state index < -0.39 is 0 Å². The molecule has 0 amide bonds. The van der Waals surface area contributed by atoms with Crippen LogP contribution in [-0.4, -0.2) is 18.8 Å². The molecule has 0 aromatic heterocycles. The lowest BCUT2D eigenvalue weighted by Crippen LogP contribution is -2.58. The molecule has 1 aliphatic rings. The van der Waals surface area contributed by atoms with E-state index in [9.17, 15) is 0 Å². The molecule has 2 atom stereocenters. The average Bonchev–Trinajstić information content (AvgIpc) is 2.30. The summed E-state index contributed by atoms with van der Waals surface area (Å²) in [6.07, 6.45) is 1.23. The molecule has 106 valence electrons. The Morgan fingerprint density at radius 1 is 1.26 bits per heavy atom. The Morgan fingerprint density at radius 3 is 2.32 bits per heavy atom. The van der Waals surface area contributed by atoms with E-state index in [2.05, 4.69) is 19.2 Å². The zero-order valence-electron chi connectivity index (χ0n) is 11.3. The maximum absolute atomic E-state index is 6.19. The summed E-state index contributed by atoms with van der Waals surface area (Å²) >= 11 is 18.3. The van der Waals surface area contributed by atoms with Crippen LogP contribution in [0.5, 0.6) is 0 Å². The number of hydrogen-bond acceptors (Lipinski definition) is 2. The van der Waals surface area contributed by atoms with Crippen LogP contribution in [0, 0.1) is 5.41 Å². The van der Waals surface area contributed by atoms with E-state index >= 15 is 0 Å². The van der Waals surface area contributed by atoms with Crippen molar-refractivity contribution in [1.29, 1.82) is 0 Å². The quantitative estimate of drug-likeness (QED) is 0.816. The molecule has 0 saturated heterocycles. The minimum Gasteiger partial charge on any atom is -0.379 e. The van der Waals surface area contributed by atoms with Crippen molar-refractivity contribution in [3.63, 3.8) is 0 Å². The molecule has 1 saturated carbocycles. The molecule has 2 nitrogen and oxygen atoms in total. The predicted molar refractivity (Wildman–Crippen MR) is 82.7 cm³/mol. The first-order valence-electron chi connectivity index (χ1n) is 6.39. The fraction of sp³-hybridized carbons (Fsp3) is 0.571. The topological polar surface area (TPSA) is 21.3 Å². The van der Waals surface area contributed by atoms with Crippen LogP contribution in [0.2, 0.25) is 15.1 Å². The van der Waals surface area contributed by atoms with E-state index in [1.165, 1.54) is 0 Å². The molecule has 1 aromatic carbocycles. The summed E-state index contributed by atoms with van der Waals surface area (Å²) in [6, 6.07) is 3.69. The van der Waals surface area contributed by atoms with Gasteiger partial charge in [-0.25, -0.2) is 0 Å². The lowest BCUT2D eigenvalue weighted by atomic mass is 9.64. The predicted octanol–water partition coefficient (Wildman–Crippen LogP) is 5.26. The first-order chi connectivity index (χ1) is 8.86. The lowest BCUT2D eigenvalue weighted by Gasteiger charge is -2.52. The molecule has 1 aliphatic carbocycles.